The van der Waals surface area contributed by atoms with Crippen molar-refractivity contribution < 1.29 is 14.3 Å². The number of hydrogen-bond donors (Lipinski definition) is 0. The van der Waals surface area contributed by atoms with Crippen LogP contribution < -0.4 is 0 Å². The number of unbranched alkanes of at least 4 members (excludes halogenated alkanes) is 10. The predicted molar refractivity (Wildman–Crippen MR) is 87.2 cm³/mol. The third kappa shape index (κ3) is 16.8. The normalized spacial score (nSPS) is 11.0. The highest BCUT2D eigenvalue weighted by molar-refractivity contribution is 5.81. The number of Topliss-reactive ketones (excluding diaryl/α,β-unsaturated/α-hetero) is 1. The maximum atomic E-state index is 10.8. The molecule has 0 aliphatic carbocycles. The maximum Gasteiger partial charge on any atom is 0.330 e. The van der Waals surface area contributed by atoms with Crippen LogP contribution in [0.2, 0.25) is 0 Å². The van der Waals surface area contributed by atoms with E-state index in [2.05, 4.69) is 4.74 Å². The molecule has 0 saturated carbocycles. The van der Waals surface area contributed by atoms with Gasteiger partial charge in [-0.05, 0) is 26.2 Å². The lowest BCUT2D eigenvalue weighted by Gasteiger charge is -2.02. The Morgan fingerprint density at radius 1 is 0.810 bits per heavy atom. The number of carbonyl (C=O) groups excluding carboxylic acids is 2. The minimum atomic E-state index is -0.265. The van der Waals surface area contributed by atoms with Gasteiger partial charge in [-0.15, -0.1) is 0 Å². The van der Waals surface area contributed by atoms with Crippen molar-refractivity contribution >= 4 is 11.8 Å². The summed E-state index contributed by atoms with van der Waals surface area (Å²) >= 11 is 0. The van der Waals surface area contributed by atoms with E-state index in [1.54, 1.807) is 6.92 Å². The number of methoxy groups -OCH3 is 1. The van der Waals surface area contributed by atoms with Crippen LogP contribution in [-0.4, -0.2) is 18.9 Å². The van der Waals surface area contributed by atoms with E-state index in [0.29, 0.717) is 5.78 Å². The number of hydrogen-bond acceptors (Lipinski definition) is 3. The van der Waals surface area contributed by atoms with Crippen molar-refractivity contribution in [3.05, 3.63) is 12.2 Å². The summed E-state index contributed by atoms with van der Waals surface area (Å²) in [5, 5.41) is 0. The van der Waals surface area contributed by atoms with Gasteiger partial charge in [0.05, 0.1) is 7.11 Å². The Bertz CT molecular complexity index is 295. The zero-order chi connectivity index (χ0) is 15.8. The summed E-state index contributed by atoms with van der Waals surface area (Å²) in [6, 6.07) is 0. The minimum Gasteiger partial charge on any atom is -0.466 e. The summed E-state index contributed by atoms with van der Waals surface area (Å²) < 4.78 is 4.53. The minimum absolute atomic E-state index is 0.265. The van der Waals surface area contributed by atoms with E-state index >= 15 is 0 Å². The molecule has 0 aromatic rings. The van der Waals surface area contributed by atoms with Gasteiger partial charge < -0.3 is 9.53 Å². The third-order valence-electron chi connectivity index (χ3n) is 3.60. The molecule has 0 saturated heterocycles. The zero-order valence-corrected chi connectivity index (χ0v) is 13.9. The number of esters is 1. The van der Waals surface area contributed by atoms with Crippen molar-refractivity contribution in [2.24, 2.45) is 0 Å². The first-order chi connectivity index (χ1) is 10.2. The van der Waals surface area contributed by atoms with E-state index in [4.69, 9.17) is 0 Å². The van der Waals surface area contributed by atoms with Gasteiger partial charge in [0.1, 0.15) is 5.78 Å². The number of ketones is 1. The maximum absolute atomic E-state index is 10.8. The Hall–Kier alpha value is -1.12. The Morgan fingerprint density at radius 3 is 1.76 bits per heavy atom. The number of rotatable bonds is 14. The smallest absolute Gasteiger partial charge is 0.330 e. The van der Waals surface area contributed by atoms with Crippen LogP contribution >= 0.6 is 0 Å². The van der Waals surface area contributed by atoms with Crippen LogP contribution in [-0.2, 0) is 14.3 Å². The first kappa shape index (κ1) is 19.9. The van der Waals surface area contributed by atoms with Gasteiger partial charge in [0.25, 0.3) is 0 Å². The van der Waals surface area contributed by atoms with Crippen molar-refractivity contribution in [3.8, 4) is 0 Å². The largest absolute Gasteiger partial charge is 0.466 e. The van der Waals surface area contributed by atoms with Gasteiger partial charge in [-0.2, -0.15) is 0 Å². The van der Waals surface area contributed by atoms with Gasteiger partial charge in [-0.25, -0.2) is 4.79 Å². The van der Waals surface area contributed by atoms with Crippen molar-refractivity contribution in [2.45, 2.75) is 84.0 Å². The molecule has 0 aliphatic heterocycles. The Labute approximate surface area is 130 Å². The van der Waals surface area contributed by atoms with Gasteiger partial charge in [-0.1, -0.05) is 57.4 Å². The predicted octanol–water partition coefficient (Wildman–Crippen LogP) is 4.99. The Morgan fingerprint density at radius 2 is 1.29 bits per heavy atom. The van der Waals surface area contributed by atoms with E-state index in [0.717, 1.165) is 25.7 Å². The number of ether oxygens (including phenoxy) is 1. The quantitative estimate of drug-likeness (QED) is 0.258. The average Bonchev–Trinajstić information content (AvgIpc) is 2.46. The van der Waals surface area contributed by atoms with Crippen LogP contribution in [0.25, 0.3) is 0 Å². The number of carbonyl (C=O) groups is 2. The second-order valence-corrected chi connectivity index (χ2v) is 5.70. The topological polar surface area (TPSA) is 43.4 Å². The fourth-order valence-corrected chi connectivity index (χ4v) is 2.30. The fourth-order valence-electron chi connectivity index (χ4n) is 2.30. The van der Waals surface area contributed by atoms with E-state index in [-0.39, 0.29) is 5.97 Å². The molecule has 3 heteroatoms. The van der Waals surface area contributed by atoms with Crippen LogP contribution in [0.3, 0.4) is 0 Å². The molecule has 0 unspecified atom stereocenters. The lowest BCUT2D eigenvalue weighted by Crippen LogP contribution is -1.93. The van der Waals surface area contributed by atoms with Crippen LogP contribution in [0.1, 0.15) is 84.0 Å². The lowest BCUT2D eigenvalue weighted by atomic mass is 10.0. The van der Waals surface area contributed by atoms with E-state index in [1.807, 2.05) is 6.08 Å². The van der Waals surface area contributed by atoms with E-state index < -0.39 is 0 Å². The molecule has 0 atom stereocenters. The molecule has 0 radical (unpaired) electrons. The molecule has 0 aromatic heterocycles. The standard InChI is InChI=1S/C18H32O3/c1-17(19)15-13-11-9-7-5-3-4-6-8-10-12-14-16-18(20)21-2/h14,16H,3-13,15H2,1-2H3. The van der Waals surface area contributed by atoms with Crippen molar-refractivity contribution in [1.82, 2.24) is 0 Å². The lowest BCUT2D eigenvalue weighted by molar-refractivity contribution is -0.134. The van der Waals surface area contributed by atoms with Crippen molar-refractivity contribution in [2.75, 3.05) is 7.11 Å². The molecule has 0 spiro atoms. The van der Waals surface area contributed by atoms with Crippen LogP contribution in [0.5, 0.6) is 0 Å². The molecule has 0 amide bonds. The van der Waals surface area contributed by atoms with Crippen LogP contribution in [0.4, 0.5) is 0 Å². The molecule has 3 nitrogen and oxygen atoms in total. The summed E-state index contributed by atoms with van der Waals surface area (Å²) in [7, 11) is 1.40. The third-order valence-corrected chi connectivity index (χ3v) is 3.60. The summed E-state index contributed by atoms with van der Waals surface area (Å²) in [4.78, 5) is 21.6. The molecule has 122 valence electrons. The SMILES string of the molecule is COC(=O)C=CCCCCCCCCCCCCC(C)=O. The second-order valence-electron chi connectivity index (χ2n) is 5.70. The molecule has 0 bridgehead atoms. The molecule has 0 N–H and O–H groups in total. The first-order valence-corrected chi connectivity index (χ1v) is 8.40. The zero-order valence-electron chi connectivity index (χ0n) is 13.9. The summed E-state index contributed by atoms with van der Waals surface area (Å²) in [5.41, 5.74) is 0. The highest BCUT2D eigenvalue weighted by Gasteiger charge is 1.95. The number of allylic oxidation sites excluding steroid dienone is 1. The molecular weight excluding hydrogens is 264 g/mol. The molecule has 0 rings (SSSR count). The molecule has 0 heterocycles. The van der Waals surface area contributed by atoms with E-state index in [1.165, 1.54) is 64.6 Å². The molecular formula is C18H32O3. The van der Waals surface area contributed by atoms with Crippen molar-refractivity contribution in [1.29, 1.82) is 0 Å². The summed E-state index contributed by atoms with van der Waals surface area (Å²) in [6.45, 7) is 1.67. The first-order valence-electron chi connectivity index (χ1n) is 8.40. The Balaban J connectivity index is 3.11. The van der Waals surface area contributed by atoms with Gasteiger partial charge in [0.15, 0.2) is 0 Å². The van der Waals surface area contributed by atoms with Crippen molar-refractivity contribution in [3.63, 3.8) is 0 Å². The molecule has 0 aromatic carbocycles. The average molecular weight is 296 g/mol. The molecule has 0 fully saturated rings. The summed E-state index contributed by atoms with van der Waals surface area (Å²) in [6.07, 6.45) is 17.6. The fraction of sp³-hybridized carbons (Fsp3) is 0.778. The molecule has 21 heavy (non-hydrogen) atoms. The Kier molecular flexibility index (Phi) is 14.5. The summed E-state index contributed by atoms with van der Waals surface area (Å²) in [5.74, 6) is 0.0507. The highest BCUT2D eigenvalue weighted by Crippen LogP contribution is 2.12. The van der Waals surface area contributed by atoms with Gasteiger partial charge in [0.2, 0.25) is 0 Å². The van der Waals surface area contributed by atoms with Gasteiger partial charge >= 0.3 is 5.97 Å². The highest BCUT2D eigenvalue weighted by atomic mass is 16.5. The van der Waals surface area contributed by atoms with Gasteiger partial charge in [-0.3, -0.25) is 0 Å². The van der Waals surface area contributed by atoms with Gasteiger partial charge in [0, 0.05) is 12.5 Å². The van der Waals surface area contributed by atoms with Crippen LogP contribution in [0, 0.1) is 0 Å². The second kappa shape index (κ2) is 15.3. The monoisotopic (exact) mass is 296 g/mol. The van der Waals surface area contributed by atoms with Crippen LogP contribution in [0.15, 0.2) is 12.2 Å². The van der Waals surface area contributed by atoms with E-state index in [9.17, 15) is 9.59 Å². The molecule has 0 aliphatic rings.